The minimum atomic E-state index is 0.270. The summed E-state index contributed by atoms with van der Waals surface area (Å²) in [6.45, 7) is 3.53. The Morgan fingerprint density at radius 1 is 0.867 bits per heavy atom. The SMILES string of the molecule is CCCCCC(OC1C[C@H]2CC[C@@H](C1)N2CCCc1ccccc1)c1ccccc1. The summed E-state index contributed by atoms with van der Waals surface area (Å²) in [5, 5.41) is 0. The molecule has 162 valence electrons. The molecule has 30 heavy (non-hydrogen) atoms. The number of benzene rings is 2. The number of piperidine rings is 1. The first-order valence-electron chi connectivity index (χ1n) is 12.3. The molecule has 2 heteroatoms. The summed E-state index contributed by atoms with van der Waals surface area (Å²) in [4.78, 5) is 2.82. The van der Waals surface area contributed by atoms with Crippen LogP contribution in [0.25, 0.3) is 0 Å². The Morgan fingerprint density at radius 2 is 1.53 bits per heavy atom. The van der Waals surface area contributed by atoms with Gasteiger partial charge in [-0.25, -0.2) is 0 Å². The van der Waals surface area contributed by atoms with E-state index in [-0.39, 0.29) is 6.10 Å². The Bertz CT molecular complexity index is 717. The third-order valence-electron chi connectivity index (χ3n) is 7.16. The summed E-state index contributed by atoms with van der Waals surface area (Å²) >= 11 is 0. The van der Waals surface area contributed by atoms with Gasteiger partial charge in [-0.3, -0.25) is 4.90 Å². The third kappa shape index (κ3) is 5.74. The Labute approximate surface area is 183 Å². The lowest BCUT2D eigenvalue weighted by molar-refractivity contribution is -0.0660. The van der Waals surface area contributed by atoms with E-state index >= 15 is 0 Å². The third-order valence-corrected chi connectivity index (χ3v) is 7.16. The molecule has 2 bridgehead atoms. The van der Waals surface area contributed by atoms with Crippen LogP contribution in [0.5, 0.6) is 0 Å². The second kappa shape index (κ2) is 11.1. The van der Waals surface area contributed by atoms with Crippen LogP contribution < -0.4 is 0 Å². The van der Waals surface area contributed by atoms with Gasteiger partial charge >= 0.3 is 0 Å². The molecule has 0 amide bonds. The summed E-state index contributed by atoms with van der Waals surface area (Å²) in [5.74, 6) is 0. The van der Waals surface area contributed by atoms with E-state index in [1.54, 1.807) is 0 Å². The molecule has 2 unspecified atom stereocenters. The number of rotatable bonds is 11. The molecule has 0 spiro atoms. The minimum Gasteiger partial charge on any atom is -0.370 e. The number of hydrogen-bond donors (Lipinski definition) is 0. The molecule has 0 radical (unpaired) electrons. The van der Waals surface area contributed by atoms with Gasteiger partial charge in [0, 0.05) is 12.1 Å². The highest BCUT2D eigenvalue weighted by Crippen LogP contribution is 2.39. The zero-order chi connectivity index (χ0) is 20.6. The van der Waals surface area contributed by atoms with E-state index in [4.69, 9.17) is 4.74 Å². The molecular weight excluding hydrogens is 366 g/mol. The number of hydrogen-bond acceptors (Lipinski definition) is 2. The highest BCUT2D eigenvalue weighted by molar-refractivity contribution is 5.18. The molecule has 2 nitrogen and oxygen atoms in total. The number of nitrogens with zero attached hydrogens (tertiary/aromatic N) is 1. The van der Waals surface area contributed by atoms with Gasteiger partial charge in [-0.2, -0.15) is 0 Å². The van der Waals surface area contributed by atoms with Crippen molar-refractivity contribution in [1.82, 2.24) is 4.90 Å². The molecule has 2 saturated heterocycles. The smallest absolute Gasteiger partial charge is 0.0828 e. The minimum absolute atomic E-state index is 0.270. The van der Waals surface area contributed by atoms with Crippen LogP contribution in [0.2, 0.25) is 0 Å². The average Bonchev–Trinajstić information content (AvgIpc) is 3.02. The van der Waals surface area contributed by atoms with Crippen LogP contribution in [0.15, 0.2) is 60.7 Å². The predicted molar refractivity (Wildman–Crippen MR) is 126 cm³/mol. The first-order valence-corrected chi connectivity index (χ1v) is 12.3. The van der Waals surface area contributed by atoms with E-state index in [1.807, 2.05) is 0 Å². The highest BCUT2D eigenvalue weighted by Gasteiger charge is 2.41. The normalized spacial score (nSPS) is 24.8. The summed E-state index contributed by atoms with van der Waals surface area (Å²) in [6, 6.07) is 23.3. The van der Waals surface area contributed by atoms with Gasteiger partial charge in [0.25, 0.3) is 0 Å². The van der Waals surface area contributed by atoms with Crippen molar-refractivity contribution in [3.05, 3.63) is 71.8 Å². The molecule has 0 saturated carbocycles. The van der Waals surface area contributed by atoms with E-state index in [0.717, 1.165) is 18.5 Å². The second-order valence-corrected chi connectivity index (χ2v) is 9.34. The summed E-state index contributed by atoms with van der Waals surface area (Å²) in [6.07, 6.45) is 13.3. The van der Waals surface area contributed by atoms with Crippen LogP contribution >= 0.6 is 0 Å². The van der Waals surface area contributed by atoms with Crippen LogP contribution in [0.1, 0.15) is 81.9 Å². The lowest BCUT2D eigenvalue weighted by Crippen LogP contribution is -2.46. The summed E-state index contributed by atoms with van der Waals surface area (Å²) < 4.78 is 6.80. The lowest BCUT2D eigenvalue weighted by atomic mass is 9.97. The van der Waals surface area contributed by atoms with E-state index in [1.165, 1.54) is 75.5 Å². The van der Waals surface area contributed by atoms with Crippen molar-refractivity contribution in [2.45, 2.75) is 95.4 Å². The zero-order valence-electron chi connectivity index (χ0n) is 18.7. The Balaban J connectivity index is 1.30. The van der Waals surface area contributed by atoms with Crippen LogP contribution in [-0.2, 0) is 11.2 Å². The summed E-state index contributed by atoms with van der Waals surface area (Å²) in [5.41, 5.74) is 2.84. The van der Waals surface area contributed by atoms with E-state index in [2.05, 4.69) is 72.5 Å². The number of unbranched alkanes of at least 4 members (excludes halogenated alkanes) is 2. The Kier molecular flexibility index (Phi) is 8.00. The molecule has 0 aliphatic carbocycles. The molecule has 4 rings (SSSR count). The summed E-state index contributed by atoms with van der Waals surface area (Å²) in [7, 11) is 0. The average molecular weight is 406 g/mol. The maximum absolute atomic E-state index is 6.80. The Morgan fingerprint density at radius 3 is 2.20 bits per heavy atom. The van der Waals surface area contributed by atoms with Gasteiger partial charge in [0.2, 0.25) is 0 Å². The van der Waals surface area contributed by atoms with Crippen molar-refractivity contribution in [1.29, 1.82) is 0 Å². The molecule has 2 aliphatic heterocycles. The predicted octanol–water partition coefficient (Wildman–Crippen LogP) is 6.95. The van der Waals surface area contributed by atoms with Gasteiger partial charge in [0.15, 0.2) is 0 Å². The van der Waals surface area contributed by atoms with Gasteiger partial charge in [-0.1, -0.05) is 86.8 Å². The first kappa shape index (κ1) is 21.6. The number of fused-ring (bicyclic) bond motifs is 2. The molecule has 2 fully saturated rings. The lowest BCUT2D eigenvalue weighted by Gasteiger charge is -2.40. The van der Waals surface area contributed by atoms with E-state index in [0.29, 0.717) is 6.10 Å². The first-order chi connectivity index (χ1) is 14.8. The molecule has 2 aromatic carbocycles. The van der Waals surface area contributed by atoms with Crippen molar-refractivity contribution in [2.75, 3.05) is 6.54 Å². The monoisotopic (exact) mass is 405 g/mol. The van der Waals surface area contributed by atoms with Crippen molar-refractivity contribution < 1.29 is 4.74 Å². The number of ether oxygens (including phenoxy) is 1. The van der Waals surface area contributed by atoms with Crippen LogP contribution in [-0.4, -0.2) is 29.6 Å². The quantitative estimate of drug-likeness (QED) is 0.375. The molecule has 0 aromatic heterocycles. The highest BCUT2D eigenvalue weighted by atomic mass is 16.5. The zero-order valence-corrected chi connectivity index (χ0v) is 18.7. The van der Waals surface area contributed by atoms with Crippen molar-refractivity contribution in [2.24, 2.45) is 0 Å². The second-order valence-electron chi connectivity index (χ2n) is 9.34. The Hall–Kier alpha value is -1.64. The molecule has 2 aromatic rings. The van der Waals surface area contributed by atoms with Crippen molar-refractivity contribution in [3.8, 4) is 0 Å². The van der Waals surface area contributed by atoms with Crippen molar-refractivity contribution >= 4 is 0 Å². The van der Waals surface area contributed by atoms with Crippen molar-refractivity contribution in [3.63, 3.8) is 0 Å². The van der Waals surface area contributed by atoms with Gasteiger partial charge < -0.3 is 4.74 Å². The van der Waals surface area contributed by atoms with Gasteiger partial charge in [-0.15, -0.1) is 0 Å². The van der Waals surface area contributed by atoms with Gasteiger partial charge in [0.05, 0.1) is 12.2 Å². The molecular formula is C28H39NO. The largest absolute Gasteiger partial charge is 0.370 e. The molecule has 4 atom stereocenters. The van der Waals surface area contributed by atoms with Crippen LogP contribution in [0.3, 0.4) is 0 Å². The topological polar surface area (TPSA) is 12.5 Å². The van der Waals surface area contributed by atoms with Crippen LogP contribution in [0.4, 0.5) is 0 Å². The fourth-order valence-corrected chi connectivity index (χ4v) is 5.60. The van der Waals surface area contributed by atoms with Gasteiger partial charge in [-0.05, 0) is 62.6 Å². The van der Waals surface area contributed by atoms with E-state index in [9.17, 15) is 0 Å². The number of aryl methyl sites for hydroxylation is 1. The molecule has 2 heterocycles. The standard InChI is InChI=1S/C28H39NO/c1-2-3-6-17-28(24-15-9-5-10-16-24)30-27-21-25-18-19-26(22-27)29(25)20-11-14-23-12-7-4-8-13-23/h4-5,7-10,12-13,15-16,25-28H,2-3,6,11,14,17-22H2,1H3/t25-,26+,27?,28?. The molecule has 0 N–H and O–H groups in total. The maximum Gasteiger partial charge on any atom is 0.0828 e. The van der Waals surface area contributed by atoms with Crippen LogP contribution in [0, 0.1) is 0 Å². The van der Waals surface area contributed by atoms with Gasteiger partial charge in [0.1, 0.15) is 0 Å². The fraction of sp³-hybridized carbons (Fsp3) is 0.571. The fourth-order valence-electron chi connectivity index (χ4n) is 5.60. The maximum atomic E-state index is 6.80. The molecule has 2 aliphatic rings. The van der Waals surface area contributed by atoms with E-state index < -0.39 is 0 Å².